The Morgan fingerprint density at radius 2 is 2.20 bits per heavy atom. The molecule has 1 aromatic rings. The number of nitrogens with zero attached hydrogens (tertiary/aromatic N) is 1. The van der Waals surface area contributed by atoms with E-state index in [4.69, 9.17) is 0 Å². The average Bonchev–Trinajstić information content (AvgIpc) is 2.11. The molecule has 0 atom stereocenters. The maximum Gasteiger partial charge on any atom is 0.304 e. The molecule has 0 saturated carbocycles. The summed E-state index contributed by atoms with van der Waals surface area (Å²) in [5.74, 6) is -0.790. The SMILES string of the molecule is O=[N+]([O-])c1ccc(C=C2CNC2)cc1F. The van der Waals surface area contributed by atoms with Crippen LogP contribution in [0.1, 0.15) is 5.56 Å². The minimum absolute atomic E-state index is 0.483. The maximum absolute atomic E-state index is 13.2. The van der Waals surface area contributed by atoms with Crippen molar-refractivity contribution in [2.45, 2.75) is 0 Å². The van der Waals surface area contributed by atoms with Gasteiger partial charge in [-0.25, -0.2) is 0 Å². The van der Waals surface area contributed by atoms with E-state index < -0.39 is 16.4 Å². The third kappa shape index (κ3) is 2.02. The third-order valence-electron chi connectivity index (χ3n) is 2.24. The molecule has 1 N–H and O–H groups in total. The number of halogens is 1. The molecule has 4 nitrogen and oxygen atoms in total. The van der Waals surface area contributed by atoms with E-state index in [0.717, 1.165) is 13.1 Å². The number of hydrogen-bond acceptors (Lipinski definition) is 3. The first-order valence-electron chi connectivity index (χ1n) is 4.51. The van der Waals surface area contributed by atoms with Crippen LogP contribution < -0.4 is 5.32 Å². The van der Waals surface area contributed by atoms with Crippen molar-refractivity contribution in [3.63, 3.8) is 0 Å². The molecule has 0 amide bonds. The number of nitro benzene ring substituents is 1. The zero-order chi connectivity index (χ0) is 10.8. The van der Waals surface area contributed by atoms with E-state index in [0.29, 0.717) is 5.56 Å². The molecule has 1 aliphatic rings. The Morgan fingerprint density at radius 1 is 1.47 bits per heavy atom. The van der Waals surface area contributed by atoms with Crippen molar-refractivity contribution < 1.29 is 9.31 Å². The average molecular weight is 208 g/mol. The highest BCUT2D eigenvalue weighted by molar-refractivity contribution is 5.57. The van der Waals surface area contributed by atoms with Crippen LogP contribution in [-0.2, 0) is 0 Å². The van der Waals surface area contributed by atoms with E-state index in [2.05, 4.69) is 5.32 Å². The first-order valence-corrected chi connectivity index (χ1v) is 4.51. The molecule has 0 radical (unpaired) electrons. The van der Waals surface area contributed by atoms with E-state index in [1.165, 1.54) is 17.7 Å². The first kappa shape index (κ1) is 9.79. The van der Waals surface area contributed by atoms with Crippen molar-refractivity contribution >= 4 is 11.8 Å². The monoisotopic (exact) mass is 208 g/mol. The molecule has 78 valence electrons. The summed E-state index contributed by atoms with van der Waals surface area (Å²) in [6.07, 6.45) is 1.84. The topological polar surface area (TPSA) is 55.2 Å². The lowest BCUT2D eigenvalue weighted by Gasteiger charge is -2.18. The highest BCUT2D eigenvalue weighted by Crippen LogP contribution is 2.20. The predicted octanol–water partition coefficient (Wildman–Crippen LogP) is 1.72. The fraction of sp³-hybridized carbons (Fsp3) is 0.200. The summed E-state index contributed by atoms with van der Waals surface area (Å²) < 4.78 is 13.2. The van der Waals surface area contributed by atoms with Gasteiger partial charge in [-0.2, -0.15) is 4.39 Å². The van der Waals surface area contributed by atoms with Crippen LogP contribution in [0.4, 0.5) is 10.1 Å². The van der Waals surface area contributed by atoms with Gasteiger partial charge in [-0.1, -0.05) is 6.08 Å². The molecule has 0 spiro atoms. The van der Waals surface area contributed by atoms with Gasteiger partial charge in [-0.3, -0.25) is 10.1 Å². The number of benzene rings is 1. The van der Waals surface area contributed by atoms with E-state index in [1.807, 2.05) is 6.08 Å². The predicted molar refractivity (Wildman–Crippen MR) is 53.9 cm³/mol. The van der Waals surface area contributed by atoms with Gasteiger partial charge < -0.3 is 5.32 Å². The van der Waals surface area contributed by atoms with Gasteiger partial charge in [0.25, 0.3) is 0 Å². The van der Waals surface area contributed by atoms with E-state index in [1.54, 1.807) is 6.07 Å². The lowest BCUT2D eigenvalue weighted by Crippen LogP contribution is -2.33. The van der Waals surface area contributed by atoms with Crippen molar-refractivity contribution in [1.29, 1.82) is 0 Å². The van der Waals surface area contributed by atoms with E-state index in [-0.39, 0.29) is 0 Å². The normalized spacial score (nSPS) is 14.6. The zero-order valence-corrected chi connectivity index (χ0v) is 7.87. The van der Waals surface area contributed by atoms with E-state index >= 15 is 0 Å². The largest absolute Gasteiger partial charge is 0.309 e. The summed E-state index contributed by atoms with van der Waals surface area (Å²) in [7, 11) is 0. The molecule has 1 saturated heterocycles. The van der Waals surface area contributed by atoms with Crippen LogP contribution >= 0.6 is 0 Å². The van der Waals surface area contributed by atoms with Gasteiger partial charge in [0.2, 0.25) is 5.82 Å². The van der Waals surface area contributed by atoms with Gasteiger partial charge >= 0.3 is 5.69 Å². The highest BCUT2D eigenvalue weighted by Gasteiger charge is 2.14. The zero-order valence-electron chi connectivity index (χ0n) is 7.87. The van der Waals surface area contributed by atoms with Gasteiger partial charge in [0.15, 0.2) is 0 Å². The molecule has 15 heavy (non-hydrogen) atoms. The van der Waals surface area contributed by atoms with E-state index in [9.17, 15) is 14.5 Å². The molecule has 1 aromatic carbocycles. The quantitative estimate of drug-likeness (QED) is 0.594. The van der Waals surface area contributed by atoms with Gasteiger partial charge in [0.1, 0.15) is 0 Å². The number of hydrogen-bond donors (Lipinski definition) is 1. The lowest BCUT2D eigenvalue weighted by atomic mass is 10.1. The van der Waals surface area contributed by atoms with Crippen molar-refractivity contribution in [3.8, 4) is 0 Å². The molecule has 1 heterocycles. The van der Waals surface area contributed by atoms with Gasteiger partial charge in [0, 0.05) is 19.2 Å². The molecule has 0 unspecified atom stereocenters. The Bertz CT molecular complexity index is 437. The second kappa shape index (κ2) is 3.78. The van der Waals surface area contributed by atoms with Crippen molar-refractivity contribution in [2.24, 2.45) is 0 Å². The fourth-order valence-electron chi connectivity index (χ4n) is 1.37. The minimum atomic E-state index is -0.790. The van der Waals surface area contributed by atoms with Crippen molar-refractivity contribution in [1.82, 2.24) is 5.32 Å². The Balaban J connectivity index is 2.28. The minimum Gasteiger partial charge on any atom is -0.309 e. The van der Waals surface area contributed by atoms with Crippen LogP contribution in [0.25, 0.3) is 6.08 Å². The van der Waals surface area contributed by atoms with Crippen LogP contribution in [0.15, 0.2) is 23.8 Å². The van der Waals surface area contributed by atoms with Crippen LogP contribution in [0.2, 0.25) is 0 Å². The Morgan fingerprint density at radius 3 is 2.67 bits per heavy atom. The molecular weight excluding hydrogens is 199 g/mol. The molecule has 5 heteroatoms. The highest BCUT2D eigenvalue weighted by atomic mass is 19.1. The Hall–Kier alpha value is -1.75. The molecule has 0 aliphatic carbocycles. The standard InChI is InChI=1S/C10H9FN2O2/c11-9-4-7(3-8-5-12-6-8)1-2-10(9)13(14)15/h1-4,12H,5-6H2. The molecule has 0 bridgehead atoms. The summed E-state index contributed by atoms with van der Waals surface area (Å²) >= 11 is 0. The van der Waals surface area contributed by atoms with Crippen LogP contribution in [0.3, 0.4) is 0 Å². The van der Waals surface area contributed by atoms with Crippen LogP contribution in [0, 0.1) is 15.9 Å². The number of nitrogens with one attached hydrogen (secondary N) is 1. The number of nitro groups is 1. The Labute approximate surface area is 85.6 Å². The summed E-state index contributed by atoms with van der Waals surface area (Å²) in [6, 6.07) is 3.92. The molecule has 1 aliphatic heterocycles. The summed E-state index contributed by atoms with van der Waals surface area (Å²) in [6.45, 7) is 1.61. The summed E-state index contributed by atoms with van der Waals surface area (Å²) in [5.41, 5.74) is 1.35. The summed E-state index contributed by atoms with van der Waals surface area (Å²) in [4.78, 5) is 9.64. The second-order valence-corrected chi connectivity index (χ2v) is 3.37. The van der Waals surface area contributed by atoms with Gasteiger partial charge in [-0.15, -0.1) is 0 Å². The fourth-order valence-corrected chi connectivity index (χ4v) is 1.37. The smallest absolute Gasteiger partial charge is 0.304 e. The number of rotatable bonds is 2. The van der Waals surface area contributed by atoms with Crippen molar-refractivity contribution in [2.75, 3.05) is 13.1 Å². The summed E-state index contributed by atoms with van der Waals surface area (Å²) in [5, 5.41) is 13.4. The molecule has 2 rings (SSSR count). The van der Waals surface area contributed by atoms with Gasteiger partial charge in [-0.05, 0) is 23.3 Å². The first-order chi connectivity index (χ1) is 7.16. The second-order valence-electron chi connectivity index (χ2n) is 3.37. The maximum atomic E-state index is 13.2. The molecule has 1 fully saturated rings. The molecule has 0 aromatic heterocycles. The van der Waals surface area contributed by atoms with Gasteiger partial charge in [0.05, 0.1) is 4.92 Å². The van der Waals surface area contributed by atoms with Crippen LogP contribution in [-0.4, -0.2) is 18.0 Å². The lowest BCUT2D eigenvalue weighted by molar-refractivity contribution is -0.387. The van der Waals surface area contributed by atoms with Crippen molar-refractivity contribution in [3.05, 3.63) is 45.3 Å². The molecular formula is C10H9FN2O2. The third-order valence-corrected chi connectivity index (χ3v) is 2.24. The Kier molecular flexibility index (Phi) is 2.47. The van der Waals surface area contributed by atoms with Crippen LogP contribution in [0.5, 0.6) is 0 Å².